The Hall–Kier alpha value is -1.38. The Morgan fingerprint density at radius 3 is 2.74 bits per heavy atom. The molecule has 126 valence electrons. The predicted molar refractivity (Wildman–Crippen MR) is 91.9 cm³/mol. The molecule has 3 atom stereocenters. The summed E-state index contributed by atoms with van der Waals surface area (Å²) in [4.78, 5) is 14.0. The quantitative estimate of drug-likeness (QED) is 0.844. The van der Waals surface area contributed by atoms with E-state index in [1.807, 2.05) is 38.3 Å². The van der Waals surface area contributed by atoms with E-state index in [1.165, 1.54) is 0 Å². The highest BCUT2D eigenvalue weighted by molar-refractivity contribution is 7.10. The smallest absolute Gasteiger partial charge is 0.326 e. The van der Waals surface area contributed by atoms with Crippen LogP contribution >= 0.6 is 11.3 Å². The predicted octanol–water partition coefficient (Wildman–Crippen LogP) is 4.05. The third-order valence-corrected chi connectivity index (χ3v) is 4.92. The molecule has 1 aliphatic rings. The second-order valence-corrected chi connectivity index (χ2v) is 8.74. The Morgan fingerprint density at radius 1 is 1.57 bits per heavy atom. The highest BCUT2D eigenvalue weighted by Gasteiger charge is 2.52. The largest absolute Gasteiger partial charge is 0.459 e. The number of hydrogen-bond donors (Lipinski definition) is 1. The van der Waals surface area contributed by atoms with Crippen LogP contribution in [0.2, 0.25) is 0 Å². The fraction of sp³-hybridized carbons (Fsp3) is 0.667. The lowest BCUT2D eigenvalue weighted by atomic mass is 9.84. The molecule has 0 aromatic carbocycles. The Morgan fingerprint density at radius 2 is 2.26 bits per heavy atom. The lowest BCUT2D eigenvalue weighted by molar-refractivity contribution is -0.163. The summed E-state index contributed by atoms with van der Waals surface area (Å²) >= 11 is 1.62. The first kappa shape index (κ1) is 18.0. The van der Waals surface area contributed by atoms with E-state index in [-0.39, 0.29) is 17.9 Å². The maximum absolute atomic E-state index is 12.9. The summed E-state index contributed by atoms with van der Waals surface area (Å²) in [7, 11) is 0. The van der Waals surface area contributed by atoms with Gasteiger partial charge in [-0.2, -0.15) is 5.26 Å². The fourth-order valence-corrected chi connectivity index (χ4v) is 4.09. The van der Waals surface area contributed by atoms with Crippen LogP contribution in [0.1, 0.15) is 58.4 Å². The molecule has 0 radical (unpaired) electrons. The number of carbonyl (C=O) groups is 1. The molecule has 2 rings (SSSR count). The average Bonchev–Trinajstić information content (AvgIpc) is 3.03. The van der Waals surface area contributed by atoms with Gasteiger partial charge in [-0.1, -0.05) is 19.9 Å². The van der Waals surface area contributed by atoms with Crippen molar-refractivity contribution in [1.82, 2.24) is 5.32 Å². The van der Waals surface area contributed by atoms with Crippen LogP contribution in [0.5, 0.6) is 0 Å². The van der Waals surface area contributed by atoms with Crippen LogP contribution in [-0.4, -0.2) is 17.1 Å². The van der Waals surface area contributed by atoms with Crippen molar-refractivity contribution in [3.8, 4) is 6.07 Å². The normalized spacial score (nSPS) is 27.9. The number of nitriles is 1. The van der Waals surface area contributed by atoms with Gasteiger partial charge in [0.25, 0.3) is 0 Å². The standard InChI is InChI=1S/C18H26N2O2S/c1-12(2)9-18(16(21)22-17(3,4)5)10-13(11-19)15(20-18)14-7-6-8-23-14/h6-8,12-13,15,20H,9-10H2,1-5H3/t13-,15+,18-/m0/s1. The third kappa shape index (κ3) is 4.13. The molecule has 0 saturated carbocycles. The number of nitrogens with zero attached hydrogens (tertiary/aromatic N) is 1. The minimum absolute atomic E-state index is 0.105. The first-order valence-electron chi connectivity index (χ1n) is 8.11. The van der Waals surface area contributed by atoms with Crippen molar-refractivity contribution in [3.05, 3.63) is 22.4 Å². The molecule has 1 aliphatic heterocycles. The number of carbonyl (C=O) groups excluding carboxylic acids is 1. The average molecular weight is 334 g/mol. The van der Waals surface area contributed by atoms with Gasteiger partial charge in [0.2, 0.25) is 0 Å². The van der Waals surface area contributed by atoms with E-state index < -0.39 is 11.1 Å². The number of ether oxygens (including phenoxy) is 1. The first-order chi connectivity index (χ1) is 10.7. The molecule has 0 bridgehead atoms. The monoisotopic (exact) mass is 334 g/mol. The van der Waals surface area contributed by atoms with Crippen LogP contribution in [0.3, 0.4) is 0 Å². The molecule has 0 unspecified atom stereocenters. The SMILES string of the molecule is CC(C)C[C@@]1(C(=O)OC(C)(C)C)C[C@@H](C#N)[C@H](c2cccs2)N1. The lowest BCUT2D eigenvalue weighted by Crippen LogP contribution is -2.51. The molecule has 1 fully saturated rings. The van der Waals surface area contributed by atoms with Gasteiger partial charge in [0, 0.05) is 4.88 Å². The maximum Gasteiger partial charge on any atom is 0.326 e. The van der Waals surface area contributed by atoms with E-state index >= 15 is 0 Å². The molecule has 4 nitrogen and oxygen atoms in total. The van der Waals surface area contributed by atoms with Gasteiger partial charge in [0.15, 0.2) is 0 Å². The Bertz CT molecular complexity index is 583. The van der Waals surface area contributed by atoms with E-state index in [1.54, 1.807) is 11.3 Å². The highest BCUT2D eigenvalue weighted by atomic mass is 32.1. The molecule has 1 saturated heterocycles. The van der Waals surface area contributed by atoms with E-state index in [4.69, 9.17) is 4.74 Å². The van der Waals surface area contributed by atoms with Crippen molar-refractivity contribution in [2.24, 2.45) is 11.8 Å². The van der Waals surface area contributed by atoms with E-state index in [0.29, 0.717) is 18.8 Å². The van der Waals surface area contributed by atoms with Gasteiger partial charge < -0.3 is 4.74 Å². The van der Waals surface area contributed by atoms with Crippen molar-refractivity contribution in [1.29, 1.82) is 5.26 Å². The van der Waals surface area contributed by atoms with Crippen LogP contribution in [0.4, 0.5) is 0 Å². The van der Waals surface area contributed by atoms with Crippen LogP contribution in [0.25, 0.3) is 0 Å². The van der Waals surface area contributed by atoms with Gasteiger partial charge in [0.1, 0.15) is 11.1 Å². The number of nitrogens with one attached hydrogen (secondary N) is 1. The van der Waals surface area contributed by atoms with Crippen LogP contribution < -0.4 is 5.32 Å². The van der Waals surface area contributed by atoms with Gasteiger partial charge >= 0.3 is 5.97 Å². The van der Waals surface area contributed by atoms with Crippen molar-refractivity contribution in [3.63, 3.8) is 0 Å². The Labute approximate surface area is 142 Å². The fourth-order valence-electron chi connectivity index (χ4n) is 3.25. The van der Waals surface area contributed by atoms with E-state index in [9.17, 15) is 10.1 Å². The zero-order chi connectivity index (χ0) is 17.3. The number of thiophene rings is 1. The molecule has 5 heteroatoms. The van der Waals surface area contributed by atoms with E-state index in [2.05, 4.69) is 25.2 Å². The molecule has 1 aromatic rings. The van der Waals surface area contributed by atoms with Gasteiger partial charge in [-0.05, 0) is 51.0 Å². The summed E-state index contributed by atoms with van der Waals surface area (Å²) < 4.78 is 5.68. The molecule has 1 N–H and O–H groups in total. The number of rotatable bonds is 4. The van der Waals surface area contributed by atoms with Crippen molar-refractivity contribution in [2.45, 2.75) is 64.6 Å². The summed E-state index contributed by atoms with van der Waals surface area (Å²) in [6.45, 7) is 9.81. The van der Waals surface area contributed by atoms with Crippen molar-refractivity contribution in [2.75, 3.05) is 0 Å². The zero-order valence-electron chi connectivity index (χ0n) is 14.6. The molecule has 1 aromatic heterocycles. The second-order valence-electron chi connectivity index (χ2n) is 7.76. The molecule has 2 heterocycles. The molecule has 23 heavy (non-hydrogen) atoms. The molecular weight excluding hydrogens is 308 g/mol. The highest BCUT2D eigenvalue weighted by Crippen LogP contribution is 2.43. The van der Waals surface area contributed by atoms with Crippen molar-refractivity contribution >= 4 is 17.3 Å². The minimum Gasteiger partial charge on any atom is -0.459 e. The van der Waals surface area contributed by atoms with Crippen LogP contribution in [0, 0.1) is 23.2 Å². The topological polar surface area (TPSA) is 62.1 Å². The molecular formula is C18H26N2O2S. The summed E-state index contributed by atoms with van der Waals surface area (Å²) in [5, 5.41) is 15.1. The lowest BCUT2D eigenvalue weighted by Gasteiger charge is -2.33. The molecule has 0 spiro atoms. The second kappa shape index (κ2) is 6.62. The first-order valence-corrected chi connectivity index (χ1v) is 8.99. The van der Waals surface area contributed by atoms with Gasteiger partial charge in [0.05, 0.1) is 18.0 Å². The van der Waals surface area contributed by atoms with Gasteiger partial charge in [-0.3, -0.25) is 10.1 Å². The third-order valence-electron chi connectivity index (χ3n) is 3.96. The Kier molecular flexibility index (Phi) is 5.17. The van der Waals surface area contributed by atoms with Crippen LogP contribution in [-0.2, 0) is 9.53 Å². The Balaban J connectivity index is 2.32. The minimum atomic E-state index is -0.781. The zero-order valence-corrected chi connectivity index (χ0v) is 15.4. The molecule has 0 aliphatic carbocycles. The van der Waals surface area contributed by atoms with Crippen molar-refractivity contribution < 1.29 is 9.53 Å². The van der Waals surface area contributed by atoms with Gasteiger partial charge in [-0.15, -0.1) is 11.3 Å². The summed E-state index contributed by atoms with van der Waals surface area (Å²) in [6, 6.07) is 6.28. The summed E-state index contributed by atoms with van der Waals surface area (Å²) in [6.07, 6.45) is 1.17. The van der Waals surface area contributed by atoms with Gasteiger partial charge in [-0.25, -0.2) is 0 Å². The number of hydrogen-bond acceptors (Lipinski definition) is 5. The summed E-state index contributed by atoms with van der Waals surface area (Å²) in [5.74, 6) is -0.130. The number of esters is 1. The molecule has 0 amide bonds. The van der Waals surface area contributed by atoms with E-state index in [0.717, 1.165) is 4.88 Å². The summed E-state index contributed by atoms with van der Waals surface area (Å²) in [5.41, 5.74) is -1.32. The van der Waals surface area contributed by atoms with Crippen LogP contribution in [0.15, 0.2) is 17.5 Å². The maximum atomic E-state index is 12.9.